The van der Waals surface area contributed by atoms with Crippen LogP contribution in [-0.2, 0) is 0 Å². The van der Waals surface area contributed by atoms with E-state index in [0.29, 0.717) is 6.42 Å². The van der Waals surface area contributed by atoms with E-state index in [1.807, 2.05) is 30.3 Å². The Kier molecular flexibility index (Phi) is 3.63. The van der Waals surface area contributed by atoms with E-state index in [4.69, 9.17) is 15.2 Å². The van der Waals surface area contributed by atoms with Crippen LogP contribution in [0.4, 0.5) is 0 Å². The number of hydrogen-bond acceptors (Lipinski definition) is 4. The normalized spacial score (nSPS) is 20.9. The molecule has 4 nitrogen and oxygen atoms in total. The smallest absolute Gasteiger partial charge is 0.142 e. The van der Waals surface area contributed by atoms with Crippen molar-refractivity contribution in [1.29, 1.82) is 0 Å². The second-order valence-corrected chi connectivity index (χ2v) is 5.67. The molecule has 2 aromatic rings. The van der Waals surface area contributed by atoms with Gasteiger partial charge >= 0.3 is 0 Å². The van der Waals surface area contributed by atoms with Gasteiger partial charge in [0.05, 0.1) is 12.8 Å². The lowest BCUT2D eigenvalue weighted by Gasteiger charge is -2.30. The molecule has 3 rings (SSSR count). The number of benzene rings is 1. The minimum absolute atomic E-state index is 0.0555. The predicted molar refractivity (Wildman–Crippen MR) is 79.8 cm³/mol. The highest BCUT2D eigenvalue weighted by Gasteiger charge is 2.28. The summed E-state index contributed by atoms with van der Waals surface area (Å²) in [6.45, 7) is 0. The summed E-state index contributed by atoms with van der Waals surface area (Å²) in [5.74, 6) is 1.54. The SMILES string of the molecule is COc1ccc2c(c1)OC(c1ccc(Br)cn1)C[C@@H]2N. The third-order valence-corrected chi connectivity index (χ3v) is 3.91. The topological polar surface area (TPSA) is 57.4 Å². The Bertz CT molecular complexity index is 616. The van der Waals surface area contributed by atoms with E-state index < -0.39 is 0 Å². The molecule has 5 heteroatoms. The maximum Gasteiger partial charge on any atom is 0.142 e. The standard InChI is InChI=1S/C15H15BrN2O2/c1-19-10-3-4-11-12(17)7-15(20-14(11)6-10)13-5-2-9(16)8-18-13/h2-6,8,12,15H,7,17H2,1H3/t12-,15?/m0/s1. The zero-order valence-corrected chi connectivity index (χ0v) is 12.6. The molecule has 0 spiro atoms. The molecule has 20 heavy (non-hydrogen) atoms. The third-order valence-electron chi connectivity index (χ3n) is 3.44. The molecule has 104 valence electrons. The average Bonchev–Trinajstić information content (AvgIpc) is 2.47. The number of halogens is 1. The van der Waals surface area contributed by atoms with E-state index in [0.717, 1.165) is 27.2 Å². The van der Waals surface area contributed by atoms with Crippen molar-refractivity contribution in [3.05, 3.63) is 52.3 Å². The monoisotopic (exact) mass is 334 g/mol. The Hall–Kier alpha value is -1.59. The quantitative estimate of drug-likeness (QED) is 0.914. The molecule has 0 fully saturated rings. The molecule has 2 heterocycles. The van der Waals surface area contributed by atoms with Crippen molar-refractivity contribution in [2.24, 2.45) is 5.73 Å². The van der Waals surface area contributed by atoms with Crippen molar-refractivity contribution in [3.63, 3.8) is 0 Å². The van der Waals surface area contributed by atoms with Crippen LogP contribution in [0.2, 0.25) is 0 Å². The molecule has 0 radical (unpaired) electrons. The molecule has 0 bridgehead atoms. The number of ether oxygens (including phenoxy) is 2. The highest BCUT2D eigenvalue weighted by Crippen LogP contribution is 2.40. The summed E-state index contributed by atoms with van der Waals surface area (Å²) < 4.78 is 12.2. The van der Waals surface area contributed by atoms with Crippen LogP contribution in [0.1, 0.15) is 29.8 Å². The van der Waals surface area contributed by atoms with Crippen molar-refractivity contribution in [2.45, 2.75) is 18.6 Å². The van der Waals surface area contributed by atoms with E-state index in [9.17, 15) is 0 Å². The molecule has 1 aromatic carbocycles. The van der Waals surface area contributed by atoms with Gasteiger partial charge in [-0.05, 0) is 34.1 Å². The van der Waals surface area contributed by atoms with Crippen molar-refractivity contribution in [2.75, 3.05) is 7.11 Å². The van der Waals surface area contributed by atoms with Gasteiger partial charge in [-0.2, -0.15) is 0 Å². The maximum atomic E-state index is 6.24. The fraction of sp³-hybridized carbons (Fsp3) is 0.267. The van der Waals surface area contributed by atoms with Crippen molar-refractivity contribution in [1.82, 2.24) is 4.98 Å². The highest BCUT2D eigenvalue weighted by atomic mass is 79.9. The number of aromatic nitrogens is 1. The summed E-state index contributed by atoms with van der Waals surface area (Å²) in [6, 6.07) is 9.59. The number of methoxy groups -OCH3 is 1. The summed E-state index contributed by atoms with van der Waals surface area (Å²) in [4.78, 5) is 4.39. The van der Waals surface area contributed by atoms with Crippen LogP contribution in [0.3, 0.4) is 0 Å². The summed E-state index contributed by atoms with van der Waals surface area (Å²) in [6.07, 6.45) is 2.36. The maximum absolute atomic E-state index is 6.24. The minimum Gasteiger partial charge on any atom is -0.497 e. The molecule has 1 aliphatic heterocycles. The van der Waals surface area contributed by atoms with Gasteiger partial charge in [-0.15, -0.1) is 0 Å². The number of fused-ring (bicyclic) bond motifs is 1. The van der Waals surface area contributed by atoms with Gasteiger partial charge in [0, 0.05) is 34.8 Å². The molecule has 0 aliphatic carbocycles. The van der Waals surface area contributed by atoms with Gasteiger partial charge in [-0.1, -0.05) is 6.07 Å². The molecular weight excluding hydrogens is 320 g/mol. The fourth-order valence-electron chi connectivity index (χ4n) is 2.37. The Morgan fingerprint density at radius 1 is 1.35 bits per heavy atom. The highest BCUT2D eigenvalue weighted by molar-refractivity contribution is 9.10. The van der Waals surface area contributed by atoms with Gasteiger partial charge in [0.15, 0.2) is 0 Å². The van der Waals surface area contributed by atoms with Crippen molar-refractivity contribution in [3.8, 4) is 11.5 Å². The van der Waals surface area contributed by atoms with Crippen LogP contribution in [0, 0.1) is 0 Å². The third kappa shape index (κ3) is 2.51. The molecule has 0 saturated heterocycles. The Labute approximate surface area is 126 Å². The number of pyridine rings is 1. The van der Waals surface area contributed by atoms with Crippen molar-refractivity contribution < 1.29 is 9.47 Å². The van der Waals surface area contributed by atoms with E-state index in [1.165, 1.54) is 0 Å². The summed E-state index contributed by atoms with van der Waals surface area (Å²) in [7, 11) is 1.64. The minimum atomic E-state index is -0.127. The molecule has 1 unspecified atom stereocenters. The van der Waals surface area contributed by atoms with Crippen LogP contribution < -0.4 is 15.2 Å². The predicted octanol–water partition coefficient (Wildman–Crippen LogP) is 3.38. The molecule has 0 amide bonds. The summed E-state index contributed by atoms with van der Waals surface area (Å²) in [5, 5.41) is 0. The van der Waals surface area contributed by atoms with Crippen LogP contribution in [0.15, 0.2) is 41.0 Å². The molecule has 2 N–H and O–H groups in total. The number of nitrogens with two attached hydrogens (primary N) is 1. The van der Waals surface area contributed by atoms with Gasteiger partial charge in [0.25, 0.3) is 0 Å². The zero-order chi connectivity index (χ0) is 14.1. The lowest BCUT2D eigenvalue weighted by molar-refractivity contribution is 0.156. The Morgan fingerprint density at radius 3 is 2.90 bits per heavy atom. The first-order valence-electron chi connectivity index (χ1n) is 6.39. The van der Waals surface area contributed by atoms with E-state index >= 15 is 0 Å². The van der Waals surface area contributed by atoms with Crippen molar-refractivity contribution >= 4 is 15.9 Å². The molecule has 2 atom stereocenters. The van der Waals surface area contributed by atoms with E-state index in [-0.39, 0.29) is 12.1 Å². The number of rotatable bonds is 2. The van der Waals surface area contributed by atoms with Crippen LogP contribution >= 0.6 is 15.9 Å². The molecule has 0 saturated carbocycles. The zero-order valence-electron chi connectivity index (χ0n) is 11.0. The number of hydrogen-bond donors (Lipinski definition) is 1. The average molecular weight is 335 g/mol. The van der Waals surface area contributed by atoms with E-state index in [2.05, 4.69) is 20.9 Å². The first kappa shape index (κ1) is 13.4. The Balaban J connectivity index is 1.92. The van der Waals surface area contributed by atoms with Crippen LogP contribution in [0.25, 0.3) is 0 Å². The Morgan fingerprint density at radius 2 is 2.20 bits per heavy atom. The molecule has 1 aromatic heterocycles. The first-order chi connectivity index (χ1) is 9.67. The van der Waals surface area contributed by atoms with Crippen LogP contribution in [0.5, 0.6) is 11.5 Å². The second kappa shape index (κ2) is 5.42. The lowest BCUT2D eigenvalue weighted by Crippen LogP contribution is -2.24. The van der Waals surface area contributed by atoms with Gasteiger partial charge in [-0.3, -0.25) is 4.98 Å². The van der Waals surface area contributed by atoms with E-state index in [1.54, 1.807) is 13.3 Å². The fourth-order valence-corrected chi connectivity index (χ4v) is 2.60. The summed E-state index contributed by atoms with van der Waals surface area (Å²) in [5.41, 5.74) is 8.14. The van der Waals surface area contributed by atoms with Gasteiger partial charge in [0.1, 0.15) is 17.6 Å². The van der Waals surface area contributed by atoms with Gasteiger partial charge < -0.3 is 15.2 Å². The second-order valence-electron chi connectivity index (χ2n) is 4.75. The van der Waals surface area contributed by atoms with Gasteiger partial charge in [0.2, 0.25) is 0 Å². The number of nitrogens with zero attached hydrogens (tertiary/aromatic N) is 1. The van der Waals surface area contributed by atoms with Gasteiger partial charge in [-0.25, -0.2) is 0 Å². The lowest BCUT2D eigenvalue weighted by atomic mass is 9.95. The summed E-state index contributed by atoms with van der Waals surface area (Å²) >= 11 is 3.38. The molecule has 1 aliphatic rings. The molecular formula is C15H15BrN2O2. The largest absolute Gasteiger partial charge is 0.497 e. The first-order valence-corrected chi connectivity index (χ1v) is 7.18. The van der Waals surface area contributed by atoms with Crippen LogP contribution in [-0.4, -0.2) is 12.1 Å².